The summed E-state index contributed by atoms with van der Waals surface area (Å²) < 4.78 is 11.3. The van der Waals surface area contributed by atoms with Gasteiger partial charge in [0, 0.05) is 6.54 Å². The first-order valence-corrected chi connectivity index (χ1v) is 13.2. The molecular weight excluding hydrogens is 464 g/mol. The third-order valence-corrected chi connectivity index (χ3v) is 7.45. The molecule has 6 nitrogen and oxygen atoms in total. The molecule has 2 aliphatic heterocycles. The quantitative estimate of drug-likeness (QED) is 0.473. The van der Waals surface area contributed by atoms with E-state index in [9.17, 15) is 9.90 Å². The zero-order valence-electron chi connectivity index (χ0n) is 21.7. The van der Waals surface area contributed by atoms with E-state index in [1.54, 1.807) is 0 Å². The third-order valence-electron chi connectivity index (χ3n) is 7.45. The van der Waals surface area contributed by atoms with Crippen molar-refractivity contribution in [1.29, 1.82) is 0 Å². The molecule has 3 aromatic rings. The maximum atomic E-state index is 13.1. The molecule has 2 atom stereocenters. The highest BCUT2D eigenvalue weighted by Crippen LogP contribution is 2.33. The molecular formula is C31H36N2O4. The number of likely N-dealkylation sites (tertiary alicyclic amines) is 1. The fraction of sp³-hybridized carbons (Fsp3) is 0.387. The lowest BCUT2D eigenvalue weighted by molar-refractivity contribution is -0.122. The van der Waals surface area contributed by atoms with Gasteiger partial charge in [-0.05, 0) is 85.3 Å². The lowest BCUT2D eigenvalue weighted by Crippen LogP contribution is -2.47. The smallest absolute Gasteiger partial charge is 0.224 e. The average Bonchev–Trinajstić information content (AvgIpc) is 3.43. The van der Waals surface area contributed by atoms with Crippen LogP contribution in [0.5, 0.6) is 11.5 Å². The van der Waals surface area contributed by atoms with Crippen LogP contribution in [-0.4, -0.2) is 54.8 Å². The molecule has 1 amide bonds. The topological polar surface area (TPSA) is 71.0 Å². The largest absolute Gasteiger partial charge is 0.486 e. The van der Waals surface area contributed by atoms with Gasteiger partial charge in [-0.3, -0.25) is 4.79 Å². The van der Waals surface area contributed by atoms with Crippen LogP contribution in [0.1, 0.15) is 41.2 Å². The zero-order valence-corrected chi connectivity index (χ0v) is 21.7. The maximum absolute atomic E-state index is 13.1. The predicted octanol–water partition coefficient (Wildman–Crippen LogP) is 4.60. The van der Waals surface area contributed by atoms with Crippen LogP contribution in [0.3, 0.4) is 0 Å². The molecule has 3 aromatic carbocycles. The van der Waals surface area contributed by atoms with Crippen LogP contribution in [0.25, 0.3) is 11.1 Å². The number of aliphatic hydroxyl groups excluding tert-OH is 1. The zero-order chi connectivity index (χ0) is 25.8. The summed E-state index contributed by atoms with van der Waals surface area (Å²) in [6, 6.07) is 19.7. The number of hydrogen-bond donors (Lipinski definition) is 2. The van der Waals surface area contributed by atoms with Gasteiger partial charge in [0.1, 0.15) is 19.3 Å². The molecule has 1 saturated heterocycles. The normalized spacial score (nSPS) is 16.8. The van der Waals surface area contributed by atoms with Gasteiger partial charge >= 0.3 is 0 Å². The second kappa shape index (κ2) is 11.4. The van der Waals surface area contributed by atoms with E-state index in [1.165, 1.54) is 16.7 Å². The predicted molar refractivity (Wildman–Crippen MR) is 145 cm³/mol. The molecule has 0 aromatic heterocycles. The number of aryl methyl sites for hydroxylation is 2. The van der Waals surface area contributed by atoms with E-state index >= 15 is 0 Å². The molecule has 0 radical (unpaired) electrons. The Morgan fingerprint density at radius 2 is 1.59 bits per heavy atom. The van der Waals surface area contributed by atoms with Crippen molar-refractivity contribution < 1.29 is 19.4 Å². The first kappa shape index (κ1) is 25.3. The van der Waals surface area contributed by atoms with Gasteiger partial charge in [0.15, 0.2) is 11.5 Å². The summed E-state index contributed by atoms with van der Waals surface area (Å²) >= 11 is 0. The van der Waals surface area contributed by atoms with Crippen LogP contribution < -0.4 is 14.8 Å². The van der Waals surface area contributed by atoms with Crippen LogP contribution in [0, 0.1) is 13.8 Å². The number of benzene rings is 3. The number of nitrogens with one attached hydrogen (secondary N) is 1. The Kier molecular flexibility index (Phi) is 7.77. The molecule has 1 fully saturated rings. The minimum Gasteiger partial charge on any atom is -0.486 e. The van der Waals surface area contributed by atoms with E-state index in [4.69, 9.17) is 9.47 Å². The van der Waals surface area contributed by atoms with Crippen molar-refractivity contribution in [1.82, 2.24) is 10.2 Å². The summed E-state index contributed by atoms with van der Waals surface area (Å²) in [6.07, 6.45) is 1.70. The Hall–Kier alpha value is -3.35. The molecule has 6 heteroatoms. The van der Waals surface area contributed by atoms with Gasteiger partial charge in [-0.1, -0.05) is 48.5 Å². The van der Waals surface area contributed by atoms with Crippen molar-refractivity contribution in [2.24, 2.45) is 0 Å². The Bertz CT molecular complexity index is 1230. The Balaban J connectivity index is 1.27. The summed E-state index contributed by atoms with van der Waals surface area (Å²) in [4.78, 5) is 15.4. The summed E-state index contributed by atoms with van der Waals surface area (Å²) in [5.41, 5.74) is 6.51. The monoisotopic (exact) mass is 500 g/mol. The van der Waals surface area contributed by atoms with Gasteiger partial charge in [-0.25, -0.2) is 0 Å². The van der Waals surface area contributed by atoms with Crippen molar-refractivity contribution in [3.63, 3.8) is 0 Å². The number of nitrogens with zero attached hydrogens (tertiary/aromatic N) is 1. The molecule has 2 aliphatic rings. The Morgan fingerprint density at radius 3 is 2.32 bits per heavy atom. The first-order valence-electron chi connectivity index (χ1n) is 13.2. The van der Waals surface area contributed by atoms with Gasteiger partial charge in [-0.15, -0.1) is 0 Å². The fourth-order valence-corrected chi connectivity index (χ4v) is 5.12. The van der Waals surface area contributed by atoms with Gasteiger partial charge in [-0.2, -0.15) is 0 Å². The van der Waals surface area contributed by atoms with E-state index in [0.717, 1.165) is 37.1 Å². The van der Waals surface area contributed by atoms with E-state index < -0.39 is 12.1 Å². The minimum absolute atomic E-state index is 0.0975. The lowest BCUT2D eigenvalue weighted by atomic mass is 9.98. The Morgan fingerprint density at radius 1 is 0.892 bits per heavy atom. The van der Waals surface area contributed by atoms with Crippen molar-refractivity contribution in [3.05, 3.63) is 82.9 Å². The van der Waals surface area contributed by atoms with Crippen molar-refractivity contribution >= 4 is 5.91 Å². The highest BCUT2D eigenvalue weighted by atomic mass is 16.6. The van der Waals surface area contributed by atoms with Crippen LogP contribution in [0.4, 0.5) is 0 Å². The second-order valence-electron chi connectivity index (χ2n) is 10.2. The van der Waals surface area contributed by atoms with Crippen LogP contribution >= 0.6 is 0 Å². The molecule has 194 valence electrons. The van der Waals surface area contributed by atoms with E-state index in [1.807, 2.05) is 30.3 Å². The standard InChI is InChI=1S/C31H36N2O4/c1-21-5-8-25(17-22(21)2)24-9-6-23(7-10-24)18-30(34)32-27(20-33-13-3-4-14-33)31(35)26-11-12-28-29(19-26)37-16-15-36-28/h5-12,17,19,27,31,35H,3-4,13-16,18,20H2,1-2H3,(H,32,34). The first-order chi connectivity index (χ1) is 18.0. The number of aliphatic hydroxyl groups is 1. The van der Waals surface area contributed by atoms with Crippen molar-refractivity contribution in [3.8, 4) is 22.6 Å². The maximum Gasteiger partial charge on any atom is 0.224 e. The number of amides is 1. The lowest BCUT2D eigenvalue weighted by Gasteiger charge is -2.29. The second-order valence-corrected chi connectivity index (χ2v) is 10.2. The van der Waals surface area contributed by atoms with Crippen molar-refractivity contribution in [2.75, 3.05) is 32.8 Å². The van der Waals surface area contributed by atoms with Gasteiger partial charge in [0.2, 0.25) is 5.91 Å². The number of carbonyl (C=O) groups is 1. The average molecular weight is 501 g/mol. The van der Waals surface area contributed by atoms with Gasteiger partial charge < -0.3 is 24.8 Å². The molecule has 5 rings (SSSR count). The number of hydrogen-bond acceptors (Lipinski definition) is 5. The molecule has 2 heterocycles. The molecule has 0 bridgehead atoms. The molecule has 37 heavy (non-hydrogen) atoms. The molecule has 0 aliphatic carbocycles. The highest BCUT2D eigenvalue weighted by Gasteiger charge is 2.28. The number of fused-ring (bicyclic) bond motifs is 1. The number of rotatable bonds is 8. The molecule has 2 unspecified atom stereocenters. The summed E-state index contributed by atoms with van der Waals surface area (Å²) in [6.45, 7) is 7.82. The van der Waals surface area contributed by atoms with E-state index in [2.05, 4.69) is 54.4 Å². The van der Waals surface area contributed by atoms with Crippen LogP contribution in [0.15, 0.2) is 60.7 Å². The number of carbonyl (C=O) groups excluding carboxylic acids is 1. The summed E-state index contributed by atoms with van der Waals surface area (Å²) in [7, 11) is 0. The fourth-order valence-electron chi connectivity index (χ4n) is 5.12. The van der Waals surface area contributed by atoms with Gasteiger partial charge in [0.25, 0.3) is 0 Å². The SMILES string of the molecule is Cc1ccc(-c2ccc(CC(=O)NC(CN3CCCC3)C(O)c3ccc4c(c3)OCCO4)cc2)cc1C. The highest BCUT2D eigenvalue weighted by molar-refractivity contribution is 5.79. The Labute approximate surface area is 219 Å². The van der Waals surface area contributed by atoms with Crippen LogP contribution in [0.2, 0.25) is 0 Å². The molecule has 2 N–H and O–H groups in total. The molecule has 0 spiro atoms. The minimum atomic E-state index is -0.854. The van der Waals surface area contributed by atoms with Gasteiger partial charge in [0.05, 0.1) is 12.5 Å². The molecule has 0 saturated carbocycles. The summed E-state index contributed by atoms with van der Waals surface area (Å²) in [5, 5.41) is 14.5. The van der Waals surface area contributed by atoms with E-state index in [-0.39, 0.29) is 12.3 Å². The van der Waals surface area contributed by atoms with Crippen molar-refractivity contribution in [2.45, 2.75) is 45.3 Å². The van der Waals surface area contributed by atoms with Crippen LogP contribution in [-0.2, 0) is 11.2 Å². The number of ether oxygens (including phenoxy) is 2. The summed E-state index contributed by atoms with van der Waals surface area (Å²) in [5.74, 6) is 1.23. The van der Waals surface area contributed by atoms with E-state index in [0.29, 0.717) is 36.8 Å². The third kappa shape index (κ3) is 6.14.